The molecule has 3 rings (SSSR count). The maximum atomic E-state index is 13.8. The van der Waals surface area contributed by atoms with Gasteiger partial charge in [-0.1, -0.05) is 12.1 Å². The molecule has 4 amide bonds. The van der Waals surface area contributed by atoms with Crippen LogP contribution in [0.5, 0.6) is 5.75 Å². The van der Waals surface area contributed by atoms with Crippen LogP contribution < -0.4 is 4.74 Å². The Morgan fingerprint density at radius 3 is 2.52 bits per heavy atom. The second-order valence-electron chi connectivity index (χ2n) is 6.11. The van der Waals surface area contributed by atoms with Crippen LogP contribution in [0.2, 0.25) is 0 Å². The van der Waals surface area contributed by atoms with Crippen LogP contribution >= 0.6 is 11.3 Å². The molecule has 1 aromatic carbocycles. The number of thiophene rings is 1. The quantitative estimate of drug-likeness (QED) is 0.535. The van der Waals surface area contributed by atoms with Gasteiger partial charge < -0.3 is 4.74 Å². The maximum Gasteiger partial charge on any atom is 0.335 e. The molecule has 0 saturated carbocycles. The summed E-state index contributed by atoms with van der Waals surface area (Å²) in [5.41, 5.74) is 0.650. The van der Waals surface area contributed by atoms with Crippen molar-refractivity contribution in [1.82, 2.24) is 14.7 Å². The second kappa shape index (κ2) is 7.85. The number of hydrogen-bond donors (Lipinski definition) is 0. The van der Waals surface area contributed by atoms with E-state index < -0.39 is 23.7 Å². The molecule has 1 aromatic heterocycles. The first-order valence-electron chi connectivity index (χ1n) is 8.11. The lowest BCUT2D eigenvalue weighted by molar-refractivity contribution is -0.144. The topological polar surface area (TPSA) is 70.2 Å². The van der Waals surface area contributed by atoms with Gasteiger partial charge in [0.25, 0.3) is 0 Å². The molecular weight excluding hydrogens is 373 g/mol. The number of imide groups is 2. The summed E-state index contributed by atoms with van der Waals surface area (Å²) >= 11 is 1.40. The predicted octanol–water partition coefficient (Wildman–Crippen LogP) is 2.28. The summed E-state index contributed by atoms with van der Waals surface area (Å²) in [4.78, 5) is 41.1. The molecule has 1 fully saturated rings. The number of hydrogen-bond acceptors (Lipinski definition) is 6. The van der Waals surface area contributed by atoms with Crippen LogP contribution in [-0.2, 0) is 22.7 Å². The molecular formula is C18H18FN3O4S. The Morgan fingerprint density at radius 2 is 1.89 bits per heavy atom. The number of carbonyl (C=O) groups is 3. The van der Waals surface area contributed by atoms with Gasteiger partial charge >= 0.3 is 17.8 Å². The van der Waals surface area contributed by atoms with E-state index in [9.17, 15) is 18.8 Å². The van der Waals surface area contributed by atoms with Gasteiger partial charge in [0.15, 0.2) is 11.6 Å². The lowest BCUT2D eigenvalue weighted by Crippen LogP contribution is -2.40. The number of amides is 4. The highest BCUT2D eigenvalue weighted by Crippen LogP contribution is 2.21. The van der Waals surface area contributed by atoms with Crippen LogP contribution in [0.4, 0.5) is 9.18 Å². The highest BCUT2D eigenvalue weighted by atomic mass is 32.1. The fourth-order valence-corrected chi connectivity index (χ4v) is 3.48. The van der Waals surface area contributed by atoms with Crippen LogP contribution in [0.3, 0.4) is 0 Å². The fraction of sp³-hybridized carbons (Fsp3) is 0.278. The van der Waals surface area contributed by atoms with Gasteiger partial charge in [-0.2, -0.15) is 0 Å². The summed E-state index contributed by atoms with van der Waals surface area (Å²) in [5, 5.41) is 1.84. The van der Waals surface area contributed by atoms with E-state index in [0.717, 1.165) is 14.7 Å². The van der Waals surface area contributed by atoms with Crippen molar-refractivity contribution in [2.45, 2.75) is 13.1 Å². The molecule has 142 valence electrons. The van der Waals surface area contributed by atoms with Gasteiger partial charge in [0.1, 0.15) is 0 Å². The number of rotatable bonds is 7. The zero-order valence-corrected chi connectivity index (χ0v) is 15.7. The zero-order valence-electron chi connectivity index (χ0n) is 14.8. The van der Waals surface area contributed by atoms with Crippen molar-refractivity contribution in [1.29, 1.82) is 0 Å². The van der Waals surface area contributed by atoms with Crippen LogP contribution in [0.1, 0.15) is 10.4 Å². The molecule has 0 spiro atoms. The highest BCUT2D eigenvalue weighted by Gasteiger charge is 2.44. The number of urea groups is 1. The van der Waals surface area contributed by atoms with Crippen molar-refractivity contribution in [3.8, 4) is 5.75 Å². The number of nitrogens with zero attached hydrogens (tertiary/aromatic N) is 3. The molecule has 0 bridgehead atoms. The van der Waals surface area contributed by atoms with Crippen LogP contribution in [0, 0.1) is 5.82 Å². The van der Waals surface area contributed by atoms with E-state index in [-0.39, 0.29) is 25.5 Å². The standard InChI is InChI=1S/C18H18FN3O4S/c1-20(9-12-5-6-15(26-2)14(19)8-12)11-22-17(24)16(23)21(18(22)25)10-13-4-3-7-27-13/h3-8H,9-11H2,1-2H3. The molecule has 0 N–H and O–H groups in total. The third kappa shape index (κ3) is 3.99. The summed E-state index contributed by atoms with van der Waals surface area (Å²) in [6, 6.07) is 7.50. The Morgan fingerprint density at radius 1 is 1.15 bits per heavy atom. The van der Waals surface area contributed by atoms with Gasteiger partial charge in [-0.15, -0.1) is 11.3 Å². The molecule has 1 aliphatic heterocycles. The van der Waals surface area contributed by atoms with Crippen molar-refractivity contribution in [2.75, 3.05) is 20.8 Å². The maximum absolute atomic E-state index is 13.8. The first kappa shape index (κ1) is 19.0. The number of halogens is 1. The smallest absolute Gasteiger partial charge is 0.335 e. The van der Waals surface area contributed by atoms with Gasteiger partial charge in [-0.3, -0.25) is 19.4 Å². The van der Waals surface area contributed by atoms with Crippen molar-refractivity contribution in [3.05, 3.63) is 52.0 Å². The normalized spacial score (nSPS) is 14.6. The lowest BCUT2D eigenvalue weighted by Gasteiger charge is -2.22. The number of ether oxygens (including phenoxy) is 1. The van der Waals surface area contributed by atoms with E-state index in [1.54, 1.807) is 24.1 Å². The molecule has 9 heteroatoms. The molecule has 0 radical (unpaired) electrons. The predicted molar refractivity (Wildman–Crippen MR) is 96.4 cm³/mol. The lowest BCUT2D eigenvalue weighted by atomic mass is 10.2. The van der Waals surface area contributed by atoms with E-state index in [0.29, 0.717) is 5.56 Å². The Balaban J connectivity index is 1.65. The Kier molecular flexibility index (Phi) is 5.52. The zero-order chi connectivity index (χ0) is 19.6. The summed E-state index contributed by atoms with van der Waals surface area (Å²) in [6.07, 6.45) is 0. The molecule has 2 heterocycles. The number of benzene rings is 1. The minimum atomic E-state index is -0.857. The summed E-state index contributed by atoms with van der Waals surface area (Å²) in [7, 11) is 3.06. The third-order valence-corrected chi connectivity index (χ3v) is 4.94. The van der Waals surface area contributed by atoms with Gasteiger partial charge in [0.2, 0.25) is 0 Å². The summed E-state index contributed by atoms with van der Waals surface area (Å²) in [6.45, 7) is 0.292. The van der Waals surface area contributed by atoms with Crippen LogP contribution in [0.15, 0.2) is 35.7 Å². The second-order valence-corrected chi connectivity index (χ2v) is 7.14. The van der Waals surface area contributed by atoms with E-state index in [4.69, 9.17) is 4.74 Å². The van der Waals surface area contributed by atoms with Crippen LogP contribution in [-0.4, -0.2) is 53.4 Å². The summed E-state index contributed by atoms with van der Waals surface area (Å²) in [5.74, 6) is -2.04. The highest BCUT2D eigenvalue weighted by molar-refractivity contribution is 7.09. The van der Waals surface area contributed by atoms with Crippen molar-refractivity contribution >= 4 is 29.2 Å². The van der Waals surface area contributed by atoms with E-state index in [1.165, 1.54) is 30.6 Å². The molecule has 0 unspecified atom stereocenters. The average molecular weight is 391 g/mol. The molecule has 7 nitrogen and oxygen atoms in total. The first-order valence-corrected chi connectivity index (χ1v) is 8.99. The first-order chi connectivity index (χ1) is 12.9. The van der Waals surface area contributed by atoms with E-state index >= 15 is 0 Å². The Hall–Kier alpha value is -2.78. The SMILES string of the molecule is COc1ccc(CN(C)CN2C(=O)C(=O)N(Cc3cccs3)C2=O)cc1F. The average Bonchev–Trinajstić information content (AvgIpc) is 3.21. The molecule has 0 aliphatic carbocycles. The van der Waals surface area contributed by atoms with E-state index in [2.05, 4.69) is 0 Å². The fourth-order valence-electron chi connectivity index (χ4n) is 2.78. The Bertz CT molecular complexity index is 871. The minimum Gasteiger partial charge on any atom is -0.494 e. The third-order valence-electron chi connectivity index (χ3n) is 4.08. The van der Waals surface area contributed by atoms with Gasteiger partial charge in [-0.05, 0) is 36.2 Å². The number of carbonyl (C=O) groups excluding carboxylic acids is 3. The molecule has 0 atom stereocenters. The monoisotopic (exact) mass is 391 g/mol. The van der Waals surface area contributed by atoms with E-state index in [1.807, 2.05) is 11.4 Å². The largest absolute Gasteiger partial charge is 0.494 e. The molecule has 2 aromatic rings. The van der Waals surface area contributed by atoms with Gasteiger partial charge in [-0.25, -0.2) is 14.1 Å². The van der Waals surface area contributed by atoms with Crippen molar-refractivity contribution in [3.63, 3.8) is 0 Å². The molecule has 1 aliphatic rings. The van der Waals surface area contributed by atoms with Crippen LogP contribution in [0.25, 0.3) is 0 Å². The number of methoxy groups -OCH3 is 1. The van der Waals surface area contributed by atoms with Gasteiger partial charge in [0, 0.05) is 11.4 Å². The Labute approximate surface area is 159 Å². The molecule has 1 saturated heterocycles. The minimum absolute atomic E-state index is 0.0714. The molecule has 27 heavy (non-hydrogen) atoms. The van der Waals surface area contributed by atoms with Crippen molar-refractivity contribution in [2.24, 2.45) is 0 Å². The van der Waals surface area contributed by atoms with Gasteiger partial charge in [0.05, 0.1) is 20.3 Å². The van der Waals surface area contributed by atoms with Crippen molar-refractivity contribution < 1.29 is 23.5 Å². The summed E-state index contributed by atoms with van der Waals surface area (Å²) < 4.78 is 18.7.